The summed E-state index contributed by atoms with van der Waals surface area (Å²) < 4.78 is 32.1. The molecular formula is C16H18N2O5S. The van der Waals surface area contributed by atoms with E-state index in [1.54, 1.807) is 6.92 Å². The Morgan fingerprint density at radius 3 is 2.33 bits per heavy atom. The lowest BCUT2D eigenvalue weighted by Crippen LogP contribution is -2.30. The van der Waals surface area contributed by atoms with Crippen LogP contribution in [0.1, 0.15) is 18.5 Å². The van der Waals surface area contributed by atoms with Crippen LogP contribution in [0.5, 0.6) is 5.75 Å². The van der Waals surface area contributed by atoms with Gasteiger partial charge in [0.25, 0.3) is 5.69 Å². The Morgan fingerprint density at radius 2 is 1.79 bits per heavy atom. The van der Waals surface area contributed by atoms with Crippen LogP contribution in [-0.4, -0.2) is 31.8 Å². The Bertz CT molecular complexity index is 837. The summed E-state index contributed by atoms with van der Waals surface area (Å²) in [4.78, 5) is 10.1. The Morgan fingerprint density at radius 1 is 1.17 bits per heavy atom. The van der Waals surface area contributed by atoms with Crippen LogP contribution in [0.2, 0.25) is 0 Å². The van der Waals surface area contributed by atoms with Crippen molar-refractivity contribution < 1.29 is 18.1 Å². The molecule has 2 rings (SSSR count). The van der Waals surface area contributed by atoms with Gasteiger partial charge in [0.15, 0.2) is 0 Å². The molecule has 0 heterocycles. The second-order valence-electron chi connectivity index (χ2n) is 5.20. The van der Waals surface area contributed by atoms with Gasteiger partial charge in [0.05, 0.1) is 12.0 Å². The quantitative estimate of drug-likeness (QED) is 0.590. The van der Waals surface area contributed by atoms with Crippen LogP contribution in [0, 0.1) is 10.1 Å². The van der Waals surface area contributed by atoms with Gasteiger partial charge in [-0.05, 0) is 18.6 Å². The molecule has 0 aliphatic carbocycles. The molecule has 0 bridgehead atoms. The van der Waals surface area contributed by atoms with E-state index in [0.29, 0.717) is 0 Å². The van der Waals surface area contributed by atoms with Crippen LogP contribution in [-0.2, 0) is 10.0 Å². The van der Waals surface area contributed by atoms with Crippen LogP contribution >= 0.6 is 0 Å². The number of nitrogens with zero attached hydrogens (tertiary/aromatic N) is 2. The third-order valence-corrected chi connectivity index (χ3v) is 5.79. The van der Waals surface area contributed by atoms with Crippen LogP contribution in [0.25, 0.3) is 0 Å². The SMILES string of the molecule is COc1ccc([N+](=O)[O-])cc1S(=O)(=O)N(C)C(C)c1ccccc1. The lowest BCUT2D eigenvalue weighted by Gasteiger charge is -2.25. The molecule has 0 amide bonds. The van der Waals surface area contributed by atoms with Gasteiger partial charge in [0.2, 0.25) is 10.0 Å². The van der Waals surface area contributed by atoms with E-state index in [0.717, 1.165) is 11.6 Å². The zero-order valence-corrected chi connectivity index (χ0v) is 14.4. The Hall–Kier alpha value is -2.45. The van der Waals surface area contributed by atoms with Gasteiger partial charge in [-0.15, -0.1) is 0 Å². The van der Waals surface area contributed by atoms with Crippen molar-refractivity contribution in [1.29, 1.82) is 0 Å². The molecule has 0 saturated heterocycles. The number of ether oxygens (including phenoxy) is 1. The zero-order chi connectivity index (χ0) is 17.9. The third kappa shape index (κ3) is 3.39. The molecule has 0 N–H and O–H groups in total. The smallest absolute Gasteiger partial charge is 0.271 e. The second-order valence-corrected chi connectivity index (χ2v) is 7.17. The summed E-state index contributed by atoms with van der Waals surface area (Å²) in [6.07, 6.45) is 0. The van der Waals surface area contributed by atoms with E-state index in [-0.39, 0.29) is 16.3 Å². The van der Waals surface area contributed by atoms with Crippen LogP contribution in [0.4, 0.5) is 5.69 Å². The van der Waals surface area contributed by atoms with Gasteiger partial charge < -0.3 is 4.74 Å². The number of hydrogen-bond acceptors (Lipinski definition) is 5. The van der Waals surface area contributed by atoms with E-state index in [2.05, 4.69) is 0 Å². The van der Waals surface area contributed by atoms with Crippen molar-refractivity contribution in [2.24, 2.45) is 0 Å². The number of benzene rings is 2. The first kappa shape index (κ1) is 17.9. The lowest BCUT2D eigenvalue weighted by molar-refractivity contribution is -0.385. The molecule has 24 heavy (non-hydrogen) atoms. The fourth-order valence-electron chi connectivity index (χ4n) is 2.29. The van der Waals surface area contributed by atoms with Crippen LogP contribution in [0.3, 0.4) is 0 Å². The molecule has 128 valence electrons. The molecule has 0 aromatic heterocycles. The summed E-state index contributed by atoms with van der Waals surface area (Å²) in [5.74, 6) is 0.0627. The fourth-order valence-corrected chi connectivity index (χ4v) is 3.81. The molecule has 0 aliphatic heterocycles. The molecule has 1 atom stereocenters. The maximum atomic E-state index is 12.9. The third-order valence-electron chi connectivity index (χ3n) is 3.84. The van der Waals surface area contributed by atoms with Gasteiger partial charge in [-0.25, -0.2) is 8.42 Å². The molecule has 2 aromatic rings. The summed E-state index contributed by atoms with van der Waals surface area (Å²) in [5.41, 5.74) is 0.503. The highest BCUT2D eigenvalue weighted by Gasteiger charge is 2.30. The standard InChI is InChI=1S/C16H18N2O5S/c1-12(13-7-5-4-6-8-13)17(2)24(21,22)16-11-14(18(19)20)9-10-15(16)23-3/h4-12H,1-3H3. The minimum Gasteiger partial charge on any atom is -0.495 e. The molecule has 8 heteroatoms. The summed E-state index contributed by atoms with van der Waals surface area (Å²) in [6.45, 7) is 1.75. The highest BCUT2D eigenvalue weighted by molar-refractivity contribution is 7.89. The maximum Gasteiger partial charge on any atom is 0.271 e. The molecule has 0 radical (unpaired) electrons. The number of non-ortho nitro benzene ring substituents is 1. The minimum atomic E-state index is -3.98. The number of sulfonamides is 1. The van der Waals surface area contributed by atoms with E-state index >= 15 is 0 Å². The average molecular weight is 350 g/mol. The Balaban J connectivity index is 2.49. The second kappa shape index (κ2) is 6.98. The molecule has 0 saturated carbocycles. The zero-order valence-electron chi connectivity index (χ0n) is 13.5. The molecule has 7 nitrogen and oxygen atoms in total. The first-order chi connectivity index (χ1) is 11.3. The first-order valence-electron chi connectivity index (χ1n) is 7.14. The van der Waals surface area contributed by atoms with Gasteiger partial charge in [0.1, 0.15) is 10.6 Å². The number of rotatable bonds is 6. The lowest BCUT2D eigenvalue weighted by atomic mass is 10.1. The van der Waals surface area contributed by atoms with Gasteiger partial charge >= 0.3 is 0 Å². The molecular weight excluding hydrogens is 332 g/mol. The van der Waals surface area contributed by atoms with E-state index in [4.69, 9.17) is 4.74 Å². The number of methoxy groups -OCH3 is 1. The molecule has 0 fully saturated rings. The Labute approximate surface area is 140 Å². The molecule has 0 aliphatic rings. The summed E-state index contributed by atoms with van der Waals surface area (Å²) >= 11 is 0. The van der Waals surface area contributed by atoms with Gasteiger partial charge in [0, 0.05) is 25.2 Å². The highest BCUT2D eigenvalue weighted by atomic mass is 32.2. The topological polar surface area (TPSA) is 89.7 Å². The van der Waals surface area contributed by atoms with Crippen molar-refractivity contribution in [2.75, 3.05) is 14.2 Å². The average Bonchev–Trinajstić information content (AvgIpc) is 2.60. The number of hydrogen-bond donors (Lipinski definition) is 0. The minimum absolute atomic E-state index is 0.0627. The van der Waals surface area contributed by atoms with Crippen LogP contribution < -0.4 is 4.74 Å². The summed E-state index contributed by atoms with van der Waals surface area (Å²) in [7, 11) is -1.23. The van der Waals surface area contributed by atoms with Crippen molar-refractivity contribution in [3.05, 3.63) is 64.2 Å². The van der Waals surface area contributed by atoms with Crippen LogP contribution in [0.15, 0.2) is 53.4 Å². The van der Waals surface area contributed by atoms with Gasteiger partial charge in [-0.2, -0.15) is 4.31 Å². The normalized spacial score (nSPS) is 12.8. The van der Waals surface area contributed by atoms with Gasteiger partial charge in [-0.3, -0.25) is 10.1 Å². The number of nitro benzene ring substituents is 1. The predicted octanol–water partition coefficient (Wildman–Crippen LogP) is 2.99. The first-order valence-corrected chi connectivity index (χ1v) is 8.58. The van der Waals surface area contributed by atoms with E-state index < -0.39 is 21.0 Å². The van der Waals surface area contributed by atoms with E-state index in [9.17, 15) is 18.5 Å². The van der Waals surface area contributed by atoms with Crippen molar-refractivity contribution in [2.45, 2.75) is 17.9 Å². The molecule has 0 spiro atoms. The molecule has 1 unspecified atom stereocenters. The van der Waals surface area contributed by atoms with Crippen molar-refractivity contribution in [3.63, 3.8) is 0 Å². The van der Waals surface area contributed by atoms with Crippen molar-refractivity contribution in [1.82, 2.24) is 4.31 Å². The predicted molar refractivity (Wildman–Crippen MR) is 89.5 cm³/mol. The fraction of sp³-hybridized carbons (Fsp3) is 0.250. The monoisotopic (exact) mass is 350 g/mol. The molecule has 2 aromatic carbocycles. The Kier molecular flexibility index (Phi) is 5.20. The van der Waals surface area contributed by atoms with Crippen molar-refractivity contribution >= 4 is 15.7 Å². The van der Waals surface area contributed by atoms with E-state index in [1.807, 2.05) is 30.3 Å². The highest BCUT2D eigenvalue weighted by Crippen LogP contribution is 2.33. The largest absolute Gasteiger partial charge is 0.495 e. The summed E-state index contributed by atoms with van der Waals surface area (Å²) in [5, 5.41) is 11.0. The van der Waals surface area contributed by atoms with Crippen molar-refractivity contribution in [3.8, 4) is 5.75 Å². The van der Waals surface area contributed by atoms with Gasteiger partial charge in [-0.1, -0.05) is 30.3 Å². The maximum absolute atomic E-state index is 12.9. The van der Waals surface area contributed by atoms with E-state index in [1.165, 1.54) is 30.6 Å². The summed E-state index contributed by atoms with van der Waals surface area (Å²) in [6, 6.07) is 12.2. The number of nitro groups is 1.